The summed E-state index contributed by atoms with van der Waals surface area (Å²) < 4.78 is 0. The van der Waals surface area contributed by atoms with Gasteiger partial charge in [0.15, 0.2) is 0 Å². The Bertz CT molecular complexity index is 310. The van der Waals surface area contributed by atoms with Gasteiger partial charge in [-0.05, 0) is 25.8 Å². The van der Waals surface area contributed by atoms with Crippen LogP contribution < -0.4 is 21.3 Å². The van der Waals surface area contributed by atoms with Crippen LogP contribution in [0.25, 0.3) is 0 Å². The first-order chi connectivity index (χ1) is 9.24. The molecule has 0 bridgehead atoms. The Labute approximate surface area is 114 Å². The lowest BCUT2D eigenvalue weighted by atomic mass is 9.96. The molecule has 2 rings (SSSR count). The highest BCUT2D eigenvalue weighted by Crippen LogP contribution is 2.16. The van der Waals surface area contributed by atoms with Gasteiger partial charge in [-0.25, -0.2) is 4.79 Å². The summed E-state index contributed by atoms with van der Waals surface area (Å²) in [4.78, 5) is 23.3. The predicted molar refractivity (Wildman–Crippen MR) is 72.8 cm³/mol. The maximum Gasteiger partial charge on any atom is 0.315 e. The fraction of sp³-hybridized carbons (Fsp3) is 0.846. The van der Waals surface area contributed by atoms with Crippen molar-refractivity contribution in [3.05, 3.63) is 0 Å². The summed E-state index contributed by atoms with van der Waals surface area (Å²) in [7, 11) is 0. The van der Waals surface area contributed by atoms with Crippen molar-refractivity contribution in [2.45, 2.75) is 50.6 Å². The highest BCUT2D eigenvalue weighted by molar-refractivity contribution is 5.84. The van der Waals surface area contributed by atoms with E-state index in [0.29, 0.717) is 0 Å². The fourth-order valence-corrected chi connectivity index (χ4v) is 2.70. The highest BCUT2D eigenvalue weighted by Gasteiger charge is 2.18. The van der Waals surface area contributed by atoms with Gasteiger partial charge >= 0.3 is 6.03 Å². The molecule has 3 amide bonds. The summed E-state index contributed by atoms with van der Waals surface area (Å²) in [6, 6.07) is 0.248. The van der Waals surface area contributed by atoms with Crippen molar-refractivity contribution in [2.24, 2.45) is 0 Å². The monoisotopic (exact) mass is 268 g/mol. The minimum absolute atomic E-state index is 0.0506. The van der Waals surface area contributed by atoms with Crippen molar-refractivity contribution in [3.63, 3.8) is 0 Å². The Kier molecular flexibility index (Phi) is 5.44. The van der Waals surface area contributed by atoms with Gasteiger partial charge in [0.1, 0.15) is 0 Å². The third-order valence-electron chi connectivity index (χ3n) is 3.78. The molecule has 6 heteroatoms. The Hall–Kier alpha value is -1.30. The summed E-state index contributed by atoms with van der Waals surface area (Å²) >= 11 is 0. The van der Waals surface area contributed by atoms with E-state index >= 15 is 0 Å². The molecule has 1 heterocycles. The molecule has 0 spiro atoms. The smallest absolute Gasteiger partial charge is 0.315 e. The second-order valence-corrected chi connectivity index (χ2v) is 5.42. The lowest BCUT2D eigenvalue weighted by Crippen LogP contribution is -2.48. The average Bonchev–Trinajstić information content (AvgIpc) is 2.90. The second kappa shape index (κ2) is 7.33. The van der Waals surface area contributed by atoms with Crippen LogP contribution in [0.5, 0.6) is 0 Å². The molecular weight excluding hydrogens is 244 g/mol. The van der Waals surface area contributed by atoms with E-state index in [2.05, 4.69) is 21.3 Å². The molecule has 1 unspecified atom stereocenters. The van der Waals surface area contributed by atoms with E-state index in [1.165, 1.54) is 19.3 Å². The average molecular weight is 268 g/mol. The van der Waals surface area contributed by atoms with Crippen LogP contribution in [0.1, 0.15) is 38.5 Å². The quantitative estimate of drug-likeness (QED) is 0.583. The molecule has 1 atom stereocenters. The summed E-state index contributed by atoms with van der Waals surface area (Å²) in [6.45, 7) is 1.82. The molecule has 0 aromatic carbocycles. The van der Waals surface area contributed by atoms with Gasteiger partial charge < -0.3 is 21.3 Å². The molecule has 1 saturated heterocycles. The van der Waals surface area contributed by atoms with E-state index in [9.17, 15) is 9.59 Å². The van der Waals surface area contributed by atoms with Crippen LogP contribution in [-0.2, 0) is 4.79 Å². The maximum atomic E-state index is 11.6. The molecule has 0 radical (unpaired) electrons. The topological polar surface area (TPSA) is 82.3 Å². The SMILES string of the molecule is O=C(CNC(=O)NC1CCCCC1)NC1CCNC1. The van der Waals surface area contributed by atoms with E-state index in [4.69, 9.17) is 0 Å². The lowest BCUT2D eigenvalue weighted by Gasteiger charge is -2.22. The van der Waals surface area contributed by atoms with E-state index < -0.39 is 0 Å². The molecule has 4 N–H and O–H groups in total. The van der Waals surface area contributed by atoms with Crippen molar-refractivity contribution >= 4 is 11.9 Å². The third-order valence-corrected chi connectivity index (χ3v) is 3.78. The first-order valence-electron chi connectivity index (χ1n) is 7.28. The zero-order valence-electron chi connectivity index (χ0n) is 11.3. The number of hydrogen-bond donors (Lipinski definition) is 4. The van der Waals surface area contributed by atoms with Gasteiger partial charge in [-0.2, -0.15) is 0 Å². The summed E-state index contributed by atoms with van der Waals surface area (Å²) in [5.74, 6) is -0.118. The third kappa shape index (κ3) is 5.06. The first-order valence-corrected chi connectivity index (χ1v) is 7.28. The molecule has 1 aliphatic carbocycles. The van der Waals surface area contributed by atoms with Crippen LogP contribution in [0.4, 0.5) is 4.79 Å². The number of rotatable bonds is 4. The molecule has 0 aromatic heterocycles. The zero-order valence-corrected chi connectivity index (χ0v) is 11.3. The van der Waals surface area contributed by atoms with Crippen LogP contribution in [0.15, 0.2) is 0 Å². The van der Waals surface area contributed by atoms with Crippen LogP contribution in [-0.4, -0.2) is 43.7 Å². The van der Waals surface area contributed by atoms with Crippen molar-refractivity contribution in [3.8, 4) is 0 Å². The van der Waals surface area contributed by atoms with E-state index in [0.717, 1.165) is 32.4 Å². The first kappa shape index (κ1) is 14.1. The number of amides is 3. The van der Waals surface area contributed by atoms with Gasteiger partial charge in [-0.15, -0.1) is 0 Å². The van der Waals surface area contributed by atoms with Crippen molar-refractivity contribution in [2.75, 3.05) is 19.6 Å². The summed E-state index contributed by atoms with van der Waals surface area (Å²) in [5.41, 5.74) is 0. The Balaban J connectivity index is 1.58. The summed E-state index contributed by atoms with van der Waals surface area (Å²) in [6.07, 6.45) is 6.68. The number of nitrogens with one attached hydrogen (secondary N) is 4. The molecule has 2 aliphatic rings. The Morgan fingerprint density at radius 3 is 2.47 bits per heavy atom. The molecule has 6 nitrogen and oxygen atoms in total. The molecule has 108 valence electrons. The van der Waals surface area contributed by atoms with Gasteiger partial charge in [-0.3, -0.25) is 4.79 Å². The van der Waals surface area contributed by atoms with Crippen molar-refractivity contribution in [1.29, 1.82) is 0 Å². The Morgan fingerprint density at radius 2 is 1.79 bits per heavy atom. The Morgan fingerprint density at radius 1 is 1.00 bits per heavy atom. The second-order valence-electron chi connectivity index (χ2n) is 5.42. The lowest BCUT2D eigenvalue weighted by molar-refractivity contribution is -0.120. The van der Waals surface area contributed by atoms with E-state index in [1.54, 1.807) is 0 Å². The zero-order chi connectivity index (χ0) is 13.5. The van der Waals surface area contributed by atoms with Crippen LogP contribution in [0, 0.1) is 0 Å². The van der Waals surface area contributed by atoms with Crippen LogP contribution in [0.2, 0.25) is 0 Å². The maximum absolute atomic E-state index is 11.6. The molecule has 1 aliphatic heterocycles. The number of carbonyl (C=O) groups is 2. The molecule has 1 saturated carbocycles. The number of carbonyl (C=O) groups excluding carboxylic acids is 2. The normalized spacial score (nSPS) is 23.9. The minimum Gasteiger partial charge on any atom is -0.351 e. The summed E-state index contributed by atoms with van der Waals surface area (Å²) in [5, 5.41) is 11.6. The molecule has 0 aromatic rings. The fourth-order valence-electron chi connectivity index (χ4n) is 2.70. The van der Waals surface area contributed by atoms with Crippen LogP contribution >= 0.6 is 0 Å². The van der Waals surface area contributed by atoms with E-state index in [-0.39, 0.29) is 30.6 Å². The molecule has 19 heavy (non-hydrogen) atoms. The molecular formula is C13H24N4O2. The van der Waals surface area contributed by atoms with Gasteiger partial charge in [-0.1, -0.05) is 19.3 Å². The van der Waals surface area contributed by atoms with Crippen LogP contribution in [0.3, 0.4) is 0 Å². The number of hydrogen-bond acceptors (Lipinski definition) is 3. The van der Waals surface area contributed by atoms with Gasteiger partial charge in [0.2, 0.25) is 5.91 Å². The molecule has 2 fully saturated rings. The predicted octanol–water partition coefficient (Wildman–Crippen LogP) is 0.0964. The minimum atomic E-state index is -0.230. The van der Waals surface area contributed by atoms with Crippen molar-refractivity contribution < 1.29 is 9.59 Å². The van der Waals surface area contributed by atoms with Crippen molar-refractivity contribution in [1.82, 2.24) is 21.3 Å². The van der Waals surface area contributed by atoms with Gasteiger partial charge in [0.05, 0.1) is 6.54 Å². The largest absolute Gasteiger partial charge is 0.351 e. The standard InChI is InChI=1S/C13H24N4O2/c18-12(16-11-6-7-14-8-11)9-15-13(19)17-10-4-2-1-3-5-10/h10-11,14H,1-9H2,(H,16,18)(H2,15,17,19). The van der Waals surface area contributed by atoms with E-state index in [1.807, 2.05) is 0 Å². The van der Waals surface area contributed by atoms with Gasteiger partial charge in [0.25, 0.3) is 0 Å². The number of urea groups is 1. The van der Waals surface area contributed by atoms with Gasteiger partial charge in [0, 0.05) is 18.6 Å². The highest BCUT2D eigenvalue weighted by atomic mass is 16.2.